The standard InChI is InChI=1S/C10H11B2.C10H14.C8H12B.3C2H6/c1-7(2)10-8-5-3-4-6-9(8)11-12-10;1-8(2)10-6-4-5-9(3)7-10;1-6(2)8-5-4-7(3)9-8;3*1-2/h3-7H,1-2H3;4-8H,1-3H3;4-6H,1-3H3;3*1-2H3. The van der Waals surface area contributed by atoms with Crippen molar-refractivity contribution in [2.24, 2.45) is 11.8 Å². The molecule has 0 spiro atoms. The van der Waals surface area contributed by atoms with E-state index in [0.29, 0.717) is 17.8 Å². The molecule has 37 heavy (non-hydrogen) atoms. The summed E-state index contributed by atoms with van der Waals surface area (Å²) >= 11 is 0. The summed E-state index contributed by atoms with van der Waals surface area (Å²) in [7, 11) is 4.44. The fraction of sp³-hybridized carbons (Fsp3) is 0.500. The van der Waals surface area contributed by atoms with Crippen LogP contribution in [0.15, 0.2) is 71.6 Å². The first-order valence-corrected chi connectivity index (χ1v) is 14.6. The van der Waals surface area contributed by atoms with Crippen molar-refractivity contribution in [3.63, 3.8) is 0 Å². The molecule has 0 atom stereocenters. The maximum absolute atomic E-state index is 2.24. The summed E-state index contributed by atoms with van der Waals surface area (Å²) in [5.41, 5.74) is 9.84. The predicted octanol–water partition coefficient (Wildman–Crippen LogP) is 9.17. The van der Waals surface area contributed by atoms with Crippen LogP contribution < -0.4 is 5.46 Å². The quantitative estimate of drug-likeness (QED) is 0.372. The maximum atomic E-state index is 2.24. The van der Waals surface area contributed by atoms with E-state index >= 15 is 0 Å². The average Bonchev–Trinajstić information content (AvgIpc) is 3.55. The van der Waals surface area contributed by atoms with Crippen molar-refractivity contribution < 1.29 is 0 Å². The summed E-state index contributed by atoms with van der Waals surface area (Å²) in [5, 5.41) is 0. The first-order chi connectivity index (χ1) is 17.7. The van der Waals surface area contributed by atoms with Gasteiger partial charge in [-0.1, -0.05) is 118 Å². The second-order valence-electron chi connectivity index (χ2n) is 9.48. The zero-order valence-corrected chi connectivity index (χ0v) is 26.7. The van der Waals surface area contributed by atoms with E-state index in [4.69, 9.17) is 0 Å². The van der Waals surface area contributed by atoms with E-state index in [1.165, 1.54) is 38.6 Å². The van der Waals surface area contributed by atoms with Crippen molar-refractivity contribution in [2.45, 2.75) is 103 Å². The van der Waals surface area contributed by atoms with Crippen LogP contribution in [0, 0.1) is 18.8 Å². The minimum absolute atomic E-state index is 0.630. The van der Waals surface area contributed by atoms with Crippen LogP contribution in [0.25, 0.3) is 0 Å². The van der Waals surface area contributed by atoms with Gasteiger partial charge in [-0.25, -0.2) is 0 Å². The third-order valence-corrected chi connectivity index (χ3v) is 5.64. The molecule has 2 aliphatic rings. The molecule has 3 heteroatoms. The Morgan fingerprint density at radius 2 is 1.22 bits per heavy atom. The summed E-state index contributed by atoms with van der Waals surface area (Å²) in [6.07, 6.45) is 4.36. The fourth-order valence-corrected chi connectivity index (χ4v) is 3.65. The molecule has 0 fully saturated rings. The summed E-state index contributed by atoms with van der Waals surface area (Å²) in [5.74, 6) is 1.96. The second-order valence-corrected chi connectivity index (χ2v) is 9.48. The number of hydrogen-bond donors (Lipinski definition) is 0. The van der Waals surface area contributed by atoms with E-state index in [2.05, 4.69) is 137 Å². The second kappa shape index (κ2) is 22.0. The number of rotatable bonds is 3. The van der Waals surface area contributed by atoms with Gasteiger partial charge in [-0.15, -0.1) is 10.9 Å². The van der Waals surface area contributed by atoms with E-state index in [0.717, 1.165) is 0 Å². The normalized spacial score (nSPS) is 11.9. The van der Waals surface area contributed by atoms with Gasteiger partial charge in [-0.2, -0.15) is 0 Å². The number of fused-ring (bicyclic) bond motifs is 1. The van der Waals surface area contributed by atoms with Gasteiger partial charge in [-0.05, 0) is 24.3 Å². The van der Waals surface area contributed by atoms with E-state index < -0.39 is 0 Å². The minimum Gasteiger partial charge on any atom is -0.106 e. The SMILES string of the molecule is CC.CC.CC.CC(C)C1=B[B]c2ccccc21.CC1=CC=C(C(C)C)[B]1.Cc1cccc(C(C)C)c1. The van der Waals surface area contributed by atoms with Gasteiger partial charge in [0.15, 0.2) is 7.28 Å². The van der Waals surface area contributed by atoms with Gasteiger partial charge in [0, 0.05) is 0 Å². The molecule has 0 unspecified atom stereocenters. The van der Waals surface area contributed by atoms with Crippen molar-refractivity contribution in [1.82, 2.24) is 0 Å². The zero-order chi connectivity index (χ0) is 29.0. The van der Waals surface area contributed by atoms with Crippen molar-refractivity contribution in [3.8, 4) is 0 Å². The molecule has 0 nitrogen and oxygen atoms in total. The van der Waals surface area contributed by atoms with Crippen molar-refractivity contribution in [2.75, 3.05) is 0 Å². The molecule has 2 radical (unpaired) electrons. The molecule has 0 aliphatic carbocycles. The first kappa shape index (κ1) is 37.1. The molecule has 0 saturated heterocycles. The third-order valence-electron chi connectivity index (χ3n) is 5.64. The van der Waals surface area contributed by atoms with E-state index in [9.17, 15) is 0 Å². The number of allylic oxidation sites excluding steroid dienone is 4. The maximum Gasteiger partial charge on any atom is 0.180 e. The fourth-order valence-electron chi connectivity index (χ4n) is 3.65. The molecule has 0 aromatic heterocycles. The predicted molar refractivity (Wildman–Crippen MR) is 178 cm³/mol. The molecule has 2 aromatic rings. The molecule has 0 saturated carbocycles. The van der Waals surface area contributed by atoms with Gasteiger partial charge < -0.3 is 0 Å². The van der Waals surface area contributed by atoms with Gasteiger partial charge in [0.1, 0.15) is 0 Å². The molecular weight excluding hydrogens is 441 g/mol. The van der Waals surface area contributed by atoms with Crippen LogP contribution in [0.1, 0.15) is 113 Å². The van der Waals surface area contributed by atoms with E-state index in [1.807, 2.05) is 41.5 Å². The van der Waals surface area contributed by atoms with Crippen molar-refractivity contribution >= 4 is 32.2 Å². The van der Waals surface area contributed by atoms with Gasteiger partial charge in [0.05, 0.1) is 0 Å². The molecular formula is C34H55B3. The van der Waals surface area contributed by atoms with Crippen molar-refractivity contribution in [1.29, 1.82) is 0 Å². The topological polar surface area (TPSA) is 0 Å². The monoisotopic (exact) mass is 496 g/mol. The zero-order valence-electron chi connectivity index (χ0n) is 26.7. The number of benzene rings is 2. The van der Waals surface area contributed by atoms with Crippen LogP contribution in [-0.2, 0) is 0 Å². The van der Waals surface area contributed by atoms with E-state index in [-0.39, 0.29) is 0 Å². The van der Waals surface area contributed by atoms with Crippen molar-refractivity contribution in [3.05, 3.63) is 88.3 Å². The Hall–Kier alpha value is -2.02. The van der Waals surface area contributed by atoms with Crippen LogP contribution in [-0.4, -0.2) is 26.7 Å². The Morgan fingerprint density at radius 3 is 1.62 bits per heavy atom. The Morgan fingerprint density at radius 1 is 0.622 bits per heavy atom. The Kier molecular flexibility index (Phi) is 22.1. The van der Waals surface area contributed by atoms with Crippen LogP contribution >= 0.6 is 0 Å². The van der Waals surface area contributed by atoms with Crippen LogP contribution in [0.4, 0.5) is 0 Å². The average molecular weight is 496 g/mol. The van der Waals surface area contributed by atoms with Crippen LogP contribution in [0.2, 0.25) is 0 Å². The first-order valence-electron chi connectivity index (χ1n) is 14.6. The van der Waals surface area contributed by atoms with Gasteiger partial charge in [-0.3, -0.25) is 0 Å². The minimum atomic E-state index is 0.630. The summed E-state index contributed by atoms with van der Waals surface area (Å²) in [6.45, 7) is 31.8. The number of aryl methyl sites for hydroxylation is 1. The molecule has 200 valence electrons. The molecule has 2 aromatic carbocycles. The summed E-state index contributed by atoms with van der Waals surface area (Å²) < 4.78 is 0. The van der Waals surface area contributed by atoms with Gasteiger partial charge in [0.2, 0.25) is 0 Å². The smallest absolute Gasteiger partial charge is 0.106 e. The largest absolute Gasteiger partial charge is 0.180 e. The molecule has 0 N–H and O–H groups in total. The Bertz CT molecular complexity index is 947. The van der Waals surface area contributed by atoms with Crippen LogP contribution in [0.5, 0.6) is 0 Å². The van der Waals surface area contributed by atoms with E-state index in [1.54, 1.807) is 0 Å². The summed E-state index contributed by atoms with van der Waals surface area (Å²) in [6, 6.07) is 17.2. The summed E-state index contributed by atoms with van der Waals surface area (Å²) in [4.78, 5) is 0. The number of hydrogen-bond acceptors (Lipinski definition) is 0. The molecule has 2 aliphatic heterocycles. The molecule has 0 bridgehead atoms. The van der Waals surface area contributed by atoms with Crippen LogP contribution in [0.3, 0.4) is 0 Å². The van der Waals surface area contributed by atoms with Gasteiger partial charge in [0.25, 0.3) is 0 Å². The molecule has 2 heterocycles. The molecule has 4 rings (SSSR count). The van der Waals surface area contributed by atoms with Gasteiger partial charge >= 0.3 is 74.5 Å². The Balaban J connectivity index is 0. The molecule has 0 amide bonds. The Labute approximate surface area is 234 Å². The third kappa shape index (κ3) is 14.5.